The summed E-state index contributed by atoms with van der Waals surface area (Å²) in [7, 11) is 0. The lowest BCUT2D eigenvalue weighted by molar-refractivity contribution is -0.137. The molecule has 0 bridgehead atoms. The van der Waals surface area contributed by atoms with E-state index in [1.165, 1.54) is 12.3 Å². The summed E-state index contributed by atoms with van der Waals surface area (Å²) in [5.74, 6) is -0.768. The second-order valence-electron chi connectivity index (χ2n) is 5.34. The first-order valence-corrected chi connectivity index (χ1v) is 8.14. The van der Waals surface area contributed by atoms with Gasteiger partial charge in [0.2, 0.25) is 0 Å². The summed E-state index contributed by atoms with van der Waals surface area (Å²) in [5, 5.41) is 11.0. The van der Waals surface area contributed by atoms with Crippen LogP contribution in [-0.4, -0.2) is 23.9 Å². The summed E-state index contributed by atoms with van der Waals surface area (Å²) in [6, 6.07) is 4.83. The van der Waals surface area contributed by atoms with Crippen LogP contribution in [0.2, 0.25) is 5.02 Å². The topological polar surface area (TPSA) is 56.1 Å². The maximum absolute atomic E-state index is 12.9. The van der Waals surface area contributed by atoms with E-state index in [1.54, 1.807) is 6.07 Å². The molecule has 1 aromatic rings. The molecule has 0 saturated carbocycles. The Bertz CT molecular complexity index is 675. The number of nitrogens with zero attached hydrogens (tertiary/aromatic N) is 2. The highest BCUT2D eigenvalue weighted by Crippen LogP contribution is 2.36. The first kappa shape index (κ1) is 20.8. The molecule has 0 aliphatic carbocycles. The molecule has 0 fully saturated rings. The van der Waals surface area contributed by atoms with Crippen LogP contribution in [0.3, 0.4) is 0 Å². The van der Waals surface area contributed by atoms with E-state index in [0.717, 1.165) is 25.0 Å². The lowest BCUT2D eigenvalue weighted by Crippen LogP contribution is -2.23. The Hall–Kier alpha value is -2.20. The molecule has 4 nitrogen and oxygen atoms in total. The Morgan fingerprint density at radius 1 is 1.32 bits per heavy atom. The van der Waals surface area contributed by atoms with Crippen LogP contribution < -0.4 is 5.32 Å². The van der Waals surface area contributed by atoms with Crippen molar-refractivity contribution in [1.29, 1.82) is 5.26 Å². The van der Waals surface area contributed by atoms with Crippen LogP contribution in [-0.2, 0) is 11.0 Å². The summed E-state index contributed by atoms with van der Waals surface area (Å²) < 4.78 is 38.6. The van der Waals surface area contributed by atoms with Crippen LogP contribution in [0.25, 0.3) is 0 Å². The van der Waals surface area contributed by atoms with Crippen molar-refractivity contribution in [1.82, 2.24) is 4.90 Å². The number of anilines is 1. The van der Waals surface area contributed by atoms with Crippen molar-refractivity contribution in [3.8, 4) is 6.07 Å². The average Bonchev–Trinajstić information content (AvgIpc) is 2.53. The van der Waals surface area contributed by atoms with E-state index in [-0.39, 0.29) is 11.3 Å². The first-order chi connectivity index (χ1) is 11.7. The molecular formula is C17H19ClF3N3O. The molecule has 25 heavy (non-hydrogen) atoms. The fraction of sp³-hybridized carbons (Fsp3) is 0.412. The molecule has 0 unspecified atom stereocenters. The predicted molar refractivity (Wildman–Crippen MR) is 90.9 cm³/mol. The number of carbonyl (C=O) groups excluding carboxylic acids is 1. The molecule has 0 aliphatic rings. The minimum Gasteiger partial charge on any atom is -0.376 e. The van der Waals surface area contributed by atoms with Gasteiger partial charge in [-0.2, -0.15) is 18.4 Å². The number of alkyl halides is 3. The summed E-state index contributed by atoms with van der Waals surface area (Å²) in [5.41, 5.74) is -1.31. The van der Waals surface area contributed by atoms with Crippen molar-refractivity contribution in [2.24, 2.45) is 0 Å². The van der Waals surface area contributed by atoms with Crippen LogP contribution in [0.5, 0.6) is 0 Å². The normalized spacial score (nSPS) is 11.8. The third kappa shape index (κ3) is 6.31. The lowest BCUT2D eigenvalue weighted by atomic mass is 10.2. The number of nitriles is 1. The second-order valence-corrected chi connectivity index (χ2v) is 5.74. The molecule has 1 rings (SSSR count). The van der Waals surface area contributed by atoms with Crippen molar-refractivity contribution in [2.75, 3.05) is 18.4 Å². The van der Waals surface area contributed by atoms with Crippen molar-refractivity contribution in [3.05, 3.63) is 40.6 Å². The number of hydrogen-bond acceptors (Lipinski definition) is 3. The molecule has 0 radical (unpaired) electrons. The maximum Gasteiger partial charge on any atom is 0.417 e. The van der Waals surface area contributed by atoms with Crippen LogP contribution in [0, 0.1) is 11.3 Å². The fourth-order valence-electron chi connectivity index (χ4n) is 2.15. The van der Waals surface area contributed by atoms with Gasteiger partial charge in [-0.05, 0) is 31.0 Å². The largest absolute Gasteiger partial charge is 0.417 e. The van der Waals surface area contributed by atoms with Gasteiger partial charge in [0.25, 0.3) is 5.91 Å². The second kappa shape index (κ2) is 9.33. The number of carbonyl (C=O) groups is 1. The Balaban J connectivity index is 3.01. The predicted octanol–water partition coefficient (Wildman–Crippen LogP) is 4.83. The molecule has 1 aromatic carbocycles. The van der Waals surface area contributed by atoms with Crippen LogP contribution >= 0.6 is 11.6 Å². The molecule has 8 heteroatoms. The highest BCUT2D eigenvalue weighted by Gasteiger charge is 2.33. The number of amides is 1. The summed E-state index contributed by atoms with van der Waals surface area (Å²) in [6.45, 7) is 5.28. The minimum atomic E-state index is -4.63. The van der Waals surface area contributed by atoms with Gasteiger partial charge in [0, 0.05) is 25.0 Å². The average molecular weight is 374 g/mol. The van der Waals surface area contributed by atoms with Gasteiger partial charge in [-0.15, -0.1) is 0 Å². The zero-order valence-electron chi connectivity index (χ0n) is 14.0. The van der Waals surface area contributed by atoms with Crippen molar-refractivity contribution < 1.29 is 18.0 Å². The molecule has 0 aromatic heterocycles. The number of halogens is 4. The molecule has 0 aliphatic heterocycles. The van der Waals surface area contributed by atoms with Crippen molar-refractivity contribution >= 4 is 23.2 Å². The number of hydrogen-bond donors (Lipinski definition) is 1. The SMILES string of the molecule is CCCN(/C=C(/C#N)C(=O)Nc1ccc(Cl)c(C(F)(F)F)c1)CCC. The number of rotatable bonds is 7. The molecule has 0 saturated heterocycles. The van der Waals surface area contributed by atoms with Gasteiger partial charge in [0.05, 0.1) is 10.6 Å². The van der Waals surface area contributed by atoms with Gasteiger partial charge in [0.1, 0.15) is 11.6 Å². The lowest BCUT2D eigenvalue weighted by Gasteiger charge is -2.19. The standard InChI is InChI=1S/C17H19ClF3N3O/c1-3-7-24(8-4-2)11-12(10-22)16(25)23-13-5-6-15(18)14(9-13)17(19,20)21/h5-6,9,11H,3-4,7-8H2,1-2H3,(H,23,25)/b12-11-. The van der Waals surface area contributed by atoms with Crippen LogP contribution in [0.1, 0.15) is 32.3 Å². The molecule has 0 atom stereocenters. The van der Waals surface area contributed by atoms with Crippen molar-refractivity contribution in [3.63, 3.8) is 0 Å². The highest BCUT2D eigenvalue weighted by atomic mass is 35.5. The summed E-state index contributed by atoms with van der Waals surface area (Å²) >= 11 is 5.54. The molecule has 1 N–H and O–H groups in total. The van der Waals surface area contributed by atoms with E-state index in [2.05, 4.69) is 5.32 Å². The molecule has 0 heterocycles. The quantitative estimate of drug-likeness (QED) is 0.550. The zero-order chi connectivity index (χ0) is 19.0. The van der Waals surface area contributed by atoms with Gasteiger partial charge in [-0.25, -0.2) is 0 Å². The first-order valence-electron chi connectivity index (χ1n) is 7.77. The number of nitrogens with one attached hydrogen (secondary N) is 1. The molecule has 1 amide bonds. The van der Waals surface area contributed by atoms with E-state index in [4.69, 9.17) is 11.6 Å². The van der Waals surface area contributed by atoms with E-state index < -0.39 is 22.7 Å². The van der Waals surface area contributed by atoms with Gasteiger partial charge in [-0.3, -0.25) is 4.79 Å². The summed E-state index contributed by atoms with van der Waals surface area (Å²) in [6.07, 6.45) is -1.53. The summed E-state index contributed by atoms with van der Waals surface area (Å²) in [4.78, 5) is 14.0. The zero-order valence-corrected chi connectivity index (χ0v) is 14.7. The van der Waals surface area contributed by atoms with E-state index >= 15 is 0 Å². The monoisotopic (exact) mass is 373 g/mol. The Morgan fingerprint density at radius 3 is 2.40 bits per heavy atom. The van der Waals surface area contributed by atoms with E-state index in [1.807, 2.05) is 18.7 Å². The number of benzene rings is 1. The maximum atomic E-state index is 12.9. The molecular weight excluding hydrogens is 355 g/mol. The highest BCUT2D eigenvalue weighted by molar-refractivity contribution is 6.31. The van der Waals surface area contributed by atoms with E-state index in [0.29, 0.717) is 13.1 Å². The third-order valence-electron chi connectivity index (χ3n) is 3.23. The third-order valence-corrected chi connectivity index (χ3v) is 3.56. The Labute approximate surface area is 149 Å². The Morgan fingerprint density at radius 2 is 1.92 bits per heavy atom. The fourth-order valence-corrected chi connectivity index (χ4v) is 2.38. The van der Waals surface area contributed by atoms with Crippen LogP contribution in [0.4, 0.5) is 18.9 Å². The van der Waals surface area contributed by atoms with Gasteiger partial charge < -0.3 is 10.2 Å². The smallest absolute Gasteiger partial charge is 0.376 e. The van der Waals surface area contributed by atoms with Crippen LogP contribution in [0.15, 0.2) is 30.0 Å². The molecule has 136 valence electrons. The van der Waals surface area contributed by atoms with Gasteiger partial charge >= 0.3 is 6.18 Å². The van der Waals surface area contributed by atoms with Gasteiger partial charge in [-0.1, -0.05) is 25.4 Å². The minimum absolute atomic E-state index is 0.0830. The van der Waals surface area contributed by atoms with Crippen molar-refractivity contribution in [2.45, 2.75) is 32.9 Å². The van der Waals surface area contributed by atoms with E-state index in [9.17, 15) is 23.2 Å². The Kier molecular flexibility index (Phi) is 7.78. The van der Waals surface area contributed by atoms with Gasteiger partial charge in [0.15, 0.2) is 0 Å². The molecule has 0 spiro atoms.